The summed E-state index contributed by atoms with van der Waals surface area (Å²) in [4.78, 5) is 46.6. The number of hydrogen-bond donors (Lipinski definition) is 3. The Balaban J connectivity index is 2.14. The molecule has 8 nitrogen and oxygen atoms in total. The number of esters is 1. The largest absolute Gasteiger partial charge is 0.465 e. The zero-order valence-electron chi connectivity index (χ0n) is 10.9. The Morgan fingerprint density at radius 2 is 2.05 bits per heavy atom. The summed E-state index contributed by atoms with van der Waals surface area (Å²) in [5, 5.41) is 0. The van der Waals surface area contributed by atoms with Crippen LogP contribution in [-0.4, -0.2) is 32.5 Å². The van der Waals surface area contributed by atoms with Crippen LogP contribution in [0.4, 0.5) is 0 Å². The molecule has 3 N–H and O–H groups in total. The number of nitrogens with one attached hydrogen (secondary N) is 3. The lowest BCUT2D eigenvalue weighted by Gasteiger charge is -2.37. The van der Waals surface area contributed by atoms with Crippen LogP contribution in [0.15, 0.2) is 9.59 Å². The van der Waals surface area contributed by atoms with Crippen molar-refractivity contribution in [1.29, 1.82) is 0 Å². The number of fused-ring (bicyclic) bond motifs is 1. The second-order valence-corrected chi connectivity index (χ2v) is 4.87. The van der Waals surface area contributed by atoms with E-state index < -0.39 is 16.7 Å². The first-order chi connectivity index (χ1) is 9.56. The van der Waals surface area contributed by atoms with E-state index in [2.05, 4.69) is 19.9 Å². The van der Waals surface area contributed by atoms with Crippen molar-refractivity contribution in [2.24, 2.45) is 0 Å². The standard InChI is InChI=1S/C12H14N4O4/c1-2-20-10(18)12(4-3-5-12)9-13-6-7(14-9)15-11(19)16-8(6)17/h2-5H2,1H3,(H3,13,14,15,16,17,19). The van der Waals surface area contributed by atoms with Gasteiger partial charge in [-0.3, -0.25) is 19.6 Å². The molecule has 1 aliphatic rings. The fraction of sp³-hybridized carbons (Fsp3) is 0.500. The van der Waals surface area contributed by atoms with Crippen LogP contribution < -0.4 is 11.2 Å². The summed E-state index contributed by atoms with van der Waals surface area (Å²) in [6.07, 6.45) is 2.13. The Labute approximate surface area is 112 Å². The highest BCUT2D eigenvalue weighted by atomic mass is 16.5. The first kappa shape index (κ1) is 12.6. The number of aromatic amines is 3. The molecule has 2 aromatic rings. The van der Waals surface area contributed by atoms with Gasteiger partial charge in [0.05, 0.1) is 6.61 Å². The zero-order valence-corrected chi connectivity index (χ0v) is 10.9. The maximum atomic E-state index is 12.1. The van der Waals surface area contributed by atoms with Crippen LogP contribution in [0, 0.1) is 0 Å². The summed E-state index contributed by atoms with van der Waals surface area (Å²) in [5.74, 6) is 0.0358. The number of carbonyl (C=O) groups excluding carboxylic acids is 1. The van der Waals surface area contributed by atoms with E-state index in [1.807, 2.05) is 0 Å². The molecule has 1 saturated carbocycles. The predicted molar refractivity (Wildman–Crippen MR) is 69.5 cm³/mol. The number of ether oxygens (including phenoxy) is 1. The third-order valence-electron chi connectivity index (χ3n) is 3.72. The Kier molecular flexibility index (Phi) is 2.73. The van der Waals surface area contributed by atoms with Gasteiger partial charge in [0.25, 0.3) is 5.56 Å². The summed E-state index contributed by atoms with van der Waals surface area (Å²) < 4.78 is 5.10. The summed E-state index contributed by atoms with van der Waals surface area (Å²) in [7, 11) is 0. The Bertz CT molecular complexity index is 781. The van der Waals surface area contributed by atoms with Crippen molar-refractivity contribution >= 4 is 17.1 Å². The lowest BCUT2D eigenvalue weighted by atomic mass is 9.68. The average molecular weight is 278 g/mol. The number of nitrogens with zero attached hydrogens (tertiary/aromatic N) is 1. The third-order valence-corrected chi connectivity index (χ3v) is 3.72. The first-order valence-electron chi connectivity index (χ1n) is 6.47. The van der Waals surface area contributed by atoms with Crippen molar-refractivity contribution in [2.75, 3.05) is 6.61 Å². The number of aromatic nitrogens is 4. The van der Waals surface area contributed by atoms with E-state index in [9.17, 15) is 14.4 Å². The van der Waals surface area contributed by atoms with Gasteiger partial charge in [-0.1, -0.05) is 6.42 Å². The summed E-state index contributed by atoms with van der Waals surface area (Å²) in [6.45, 7) is 2.03. The lowest BCUT2D eigenvalue weighted by molar-refractivity contribution is -0.154. The van der Waals surface area contributed by atoms with Crippen LogP contribution in [-0.2, 0) is 14.9 Å². The molecular weight excluding hydrogens is 264 g/mol. The molecule has 1 fully saturated rings. The first-order valence-corrected chi connectivity index (χ1v) is 6.47. The predicted octanol–water partition coefficient (Wildman–Crippen LogP) is -0.0757. The molecule has 0 saturated heterocycles. The highest BCUT2D eigenvalue weighted by molar-refractivity contribution is 5.84. The lowest BCUT2D eigenvalue weighted by Crippen LogP contribution is -2.44. The quantitative estimate of drug-likeness (QED) is 0.678. The van der Waals surface area contributed by atoms with Gasteiger partial charge in [-0.25, -0.2) is 9.78 Å². The molecule has 2 heterocycles. The molecule has 3 rings (SSSR count). The molecule has 1 aliphatic carbocycles. The van der Waals surface area contributed by atoms with E-state index >= 15 is 0 Å². The van der Waals surface area contributed by atoms with Crippen LogP contribution >= 0.6 is 0 Å². The normalized spacial score (nSPS) is 16.9. The van der Waals surface area contributed by atoms with Gasteiger partial charge in [0, 0.05) is 0 Å². The molecule has 0 aliphatic heterocycles. The smallest absolute Gasteiger partial charge is 0.327 e. The van der Waals surface area contributed by atoms with E-state index in [0.29, 0.717) is 18.7 Å². The SMILES string of the molecule is CCOC(=O)C1(c2nc3[nH]c(=O)[nH]c(=O)c3[nH]2)CCC1. The number of hydrogen-bond acceptors (Lipinski definition) is 5. The molecule has 8 heteroatoms. The summed E-state index contributed by atoms with van der Waals surface area (Å²) in [6, 6.07) is 0. The molecule has 0 unspecified atom stereocenters. The molecule has 2 aromatic heterocycles. The fourth-order valence-electron chi connectivity index (χ4n) is 2.50. The highest BCUT2D eigenvalue weighted by Crippen LogP contribution is 2.43. The Morgan fingerprint density at radius 1 is 1.30 bits per heavy atom. The van der Waals surface area contributed by atoms with Gasteiger partial charge in [-0.15, -0.1) is 0 Å². The minimum Gasteiger partial charge on any atom is -0.465 e. The van der Waals surface area contributed by atoms with Crippen molar-refractivity contribution in [2.45, 2.75) is 31.6 Å². The number of carbonyl (C=O) groups is 1. The molecule has 0 aromatic carbocycles. The van der Waals surface area contributed by atoms with Gasteiger partial charge in [0.15, 0.2) is 5.65 Å². The van der Waals surface area contributed by atoms with Gasteiger partial charge >= 0.3 is 11.7 Å². The monoisotopic (exact) mass is 278 g/mol. The third kappa shape index (κ3) is 1.68. The van der Waals surface area contributed by atoms with E-state index in [0.717, 1.165) is 6.42 Å². The van der Waals surface area contributed by atoms with Crippen LogP contribution in [0.1, 0.15) is 32.0 Å². The fourth-order valence-corrected chi connectivity index (χ4v) is 2.50. The van der Waals surface area contributed by atoms with E-state index in [4.69, 9.17) is 4.74 Å². The average Bonchev–Trinajstić information content (AvgIpc) is 2.72. The maximum absolute atomic E-state index is 12.1. The van der Waals surface area contributed by atoms with Gasteiger partial charge in [0.1, 0.15) is 16.8 Å². The number of H-pyrrole nitrogens is 3. The topological polar surface area (TPSA) is 121 Å². The summed E-state index contributed by atoms with van der Waals surface area (Å²) >= 11 is 0. The van der Waals surface area contributed by atoms with Crippen LogP contribution in [0.5, 0.6) is 0 Å². The molecule has 0 bridgehead atoms. The molecule has 0 spiro atoms. The zero-order chi connectivity index (χ0) is 14.3. The van der Waals surface area contributed by atoms with Gasteiger partial charge in [-0.05, 0) is 19.8 Å². The van der Waals surface area contributed by atoms with Crippen molar-refractivity contribution in [3.63, 3.8) is 0 Å². The van der Waals surface area contributed by atoms with Crippen molar-refractivity contribution < 1.29 is 9.53 Å². The van der Waals surface area contributed by atoms with Gasteiger partial charge in [0.2, 0.25) is 0 Å². The molecular formula is C12H14N4O4. The number of rotatable bonds is 3. The molecule has 0 amide bonds. The van der Waals surface area contributed by atoms with Gasteiger partial charge in [-0.2, -0.15) is 0 Å². The Morgan fingerprint density at radius 3 is 2.65 bits per heavy atom. The molecule has 0 atom stereocenters. The maximum Gasteiger partial charge on any atom is 0.327 e. The van der Waals surface area contributed by atoms with Crippen LogP contribution in [0.2, 0.25) is 0 Å². The minimum absolute atomic E-state index is 0.157. The summed E-state index contributed by atoms with van der Waals surface area (Å²) in [5.41, 5.74) is -1.68. The van der Waals surface area contributed by atoms with E-state index in [1.165, 1.54) is 0 Å². The second kappa shape index (κ2) is 4.32. The van der Waals surface area contributed by atoms with Crippen molar-refractivity contribution in [1.82, 2.24) is 19.9 Å². The molecule has 106 valence electrons. The van der Waals surface area contributed by atoms with Crippen molar-refractivity contribution in [3.05, 3.63) is 26.7 Å². The molecule has 20 heavy (non-hydrogen) atoms. The van der Waals surface area contributed by atoms with E-state index in [1.54, 1.807) is 6.92 Å². The van der Waals surface area contributed by atoms with Gasteiger partial charge < -0.3 is 9.72 Å². The molecule has 0 radical (unpaired) electrons. The van der Waals surface area contributed by atoms with Crippen LogP contribution in [0.3, 0.4) is 0 Å². The van der Waals surface area contributed by atoms with Crippen molar-refractivity contribution in [3.8, 4) is 0 Å². The van der Waals surface area contributed by atoms with E-state index in [-0.39, 0.29) is 23.7 Å². The highest BCUT2D eigenvalue weighted by Gasteiger charge is 2.49. The minimum atomic E-state index is -0.821. The van der Waals surface area contributed by atoms with Crippen LogP contribution in [0.25, 0.3) is 11.2 Å². The Hall–Kier alpha value is -2.38. The number of imidazole rings is 1. The second-order valence-electron chi connectivity index (χ2n) is 4.87.